The predicted molar refractivity (Wildman–Crippen MR) is 84.3 cm³/mol. The second kappa shape index (κ2) is 6.46. The van der Waals surface area contributed by atoms with E-state index in [1.807, 2.05) is 12.1 Å². The smallest absolute Gasteiger partial charge is 0.255 e. The van der Waals surface area contributed by atoms with Crippen LogP contribution < -0.4 is 10.6 Å². The van der Waals surface area contributed by atoms with E-state index < -0.39 is 0 Å². The Hall–Kier alpha value is -1.58. The highest BCUT2D eigenvalue weighted by Crippen LogP contribution is 2.48. The molecule has 2 aliphatic rings. The van der Waals surface area contributed by atoms with Gasteiger partial charge < -0.3 is 10.6 Å². The minimum atomic E-state index is 0.00741. The zero-order chi connectivity index (χ0) is 14.7. The summed E-state index contributed by atoms with van der Waals surface area (Å²) in [5, 5.41) is 6.37. The first-order valence-corrected chi connectivity index (χ1v) is 8.26. The summed E-state index contributed by atoms with van der Waals surface area (Å²) in [6.45, 7) is 3.77. The van der Waals surface area contributed by atoms with Crippen molar-refractivity contribution >= 4 is 11.7 Å². The summed E-state index contributed by atoms with van der Waals surface area (Å²) >= 11 is 0. The van der Waals surface area contributed by atoms with Crippen LogP contribution in [0.2, 0.25) is 0 Å². The largest absolute Gasteiger partial charge is 0.369 e. The van der Waals surface area contributed by atoms with Gasteiger partial charge >= 0.3 is 0 Å². The van der Waals surface area contributed by atoms with E-state index in [1.165, 1.54) is 25.7 Å². The average molecular weight is 287 g/mol. The highest BCUT2D eigenvalue weighted by Gasteiger charge is 2.41. The van der Waals surface area contributed by atoms with Crippen LogP contribution >= 0.6 is 0 Å². The van der Waals surface area contributed by atoms with Crippen LogP contribution in [0.15, 0.2) is 18.3 Å². The molecule has 0 saturated heterocycles. The molecule has 2 saturated carbocycles. The molecule has 1 amide bonds. The molecule has 1 aromatic heterocycles. The van der Waals surface area contributed by atoms with Crippen molar-refractivity contribution < 1.29 is 4.79 Å². The Morgan fingerprint density at radius 2 is 2.05 bits per heavy atom. The summed E-state index contributed by atoms with van der Waals surface area (Å²) in [4.78, 5) is 16.7. The summed E-state index contributed by atoms with van der Waals surface area (Å²) in [6, 6.07) is 3.68. The zero-order valence-electron chi connectivity index (χ0n) is 12.8. The number of aromatic nitrogens is 1. The third-order valence-corrected chi connectivity index (χ3v) is 4.55. The van der Waals surface area contributed by atoms with Crippen molar-refractivity contribution in [3.8, 4) is 0 Å². The molecule has 2 aliphatic carbocycles. The lowest BCUT2D eigenvalue weighted by molar-refractivity contribution is 0.0944. The summed E-state index contributed by atoms with van der Waals surface area (Å²) in [5.74, 6) is 3.14. The Bertz CT molecular complexity index is 483. The van der Waals surface area contributed by atoms with Crippen LogP contribution in [-0.4, -0.2) is 24.0 Å². The monoisotopic (exact) mass is 287 g/mol. The maximum Gasteiger partial charge on any atom is 0.255 e. The maximum absolute atomic E-state index is 12.4. The number of hydrogen-bond acceptors (Lipinski definition) is 3. The predicted octanol–water partition coefficient (Wildman–Crippen LogP) is 3.07. The fourth-order valence-corrected chi connectivity index (χ4v) is 3.05. The number of amides is 1. The molecule has 0 aliphatic heterocycles. The minimum absolute atomic E-state index is 0.00741. The Kier molecular flexibility index (Phi) is 4.42. The lowest BCUT2D eigenvalue weighted by Crippen LogP contribution is -2.31. The van der Waals surface area contributed by atoms with Crippen molar-refractivity contribution in [3.05, 3.63) is 23.9 Å². The fourth-order valence-electron chi connectivity index (χ4n) is 3.05. The van der Waals surface area contributed by atoms with Gasteiger partial charge in [0.15, 0.2) is 0 Å². The molecular formula is C17H25N3O. The van der Waals surface area contributed by atoms with Gasteiger partial charge in [0, 0.05) is 19.3 Å². The Balaban J connectivity index is 1.59. The molecule has 1 aromatic rings. The van der Waals surface area contributed by atoms with E-state index >= 15 is 0 Å². The summed E-state index contributed by atoms with van der Waals surface area (Å²) < 4.78 is 0. The molecule has 4 heteroatoms. The SMILES string of the molecule is CCCNc1ncccc1C(=O)NCC(C1CC1)C1CC1. The lowest BCUT2D eigenvalue weighted by Gasteiger charge is -2.17. The first-order valence-electron chi connectivity index (χ1n) is 8.26. The molecule has 2 fully saturated rings. The van der Waals surface area contributed by atoms with Crippen LogP contribution in [0.4, 0.5) is 5.82 Å². The van der Waals surface area contributed by atoms with Gasteiger partial charge in [0.2, 0.25) is 0 Å². The number of anilines is 1. The normalized spacial score (nSPS) is 17.8. The van der Waals surface area contributed by atoms with Gasteiger partial charge in [-0.1, -0.05) is 6.92 Å². The minimum Gasteiger partial charge on any atom is -0.369 e. The highest BCUT2D eigenvalue weighted by atomic mass is 16.1. The van der Waals surface area contributed by atoms with Crippen LogP contribution in [-0.2, 0) is 0 Å². The molecule has 0 radical (unpaired) electrons. The van der Waals surface area contributed by atoms with Crippen LogP contribution in [0, 0.1) is 17.8 Å². The van der Waals surface area contributed by atoms with Crippen molar-refractivity contribution in [2.24, 2.45) is 17.8 Å². The Morgan fingerprint density at radius 1 is 1.33 bits per heavy atom. The van der Waals surface area contributed by atoms with Crippen molar-refractivity contribution in [1.29, 1.82) is 0 Å². The molecule has 0 bridgehead atoms. The molecular weight excluding hydrogens is 262 g/mol. The lowest BCUT2D eigenvalue weighted by atomic mass is 9.98. The topological polar surface area (TPSA) is 54.0 Å². The van der Waals surface area contributed by atoms with Crippen LogP contribution in [0.5, 0.6) is 0 Å². The van der Waals surface area contributed by atoms with Gasteiger partial charge in [-0.15, -0.1) is 0 Å². The summed E-state index contributed by atoms with van der Waals surface area (Å²) in [6.07, 6.45) is 8.16. The quantitative estimate of drug-likeness (QED) is 0.772. The molecule has 0 aromatic carbocycles. The second-order valence-corrected chi connectivity index (χ2v) is 6.38. The summed E-state index contributed by atoms with van der Waals surface area (Å²) in [7, 11) is 0. The summed E-state index contributed by atoms with van der Waals surface area (Å²) in [5.41, 5.74) is 0.663. The molecule has 3 rings (SSSR count). The van der Waals surface area contributed by atoms with Gasteiger partial charge in [-0.25, -0.2) is 4.98 Å². The van der Waals surface area contributed by atoms with Gasteiger partial charge in [-0.2, -0.15) is 0 Å². The van der Waals surface area contributed by atoms with Crippen LogP contribution in [0.3, 0.4) is 0 Å². The van der Waals surface area contributed by atoms with E-state index in [0.717, 1.165) is 31.3 Å². The van der Waals surface area contributed by atoms with Crippen LogP contribution in [0.25, 0.3) is 0 Å². The molecule has 4 nitrogen and oxygen atoms in total. The molecule has 114 valence electrons. The fraction of sp³-hybridized carbons (Fsp3) is 0.647. The van der Waals surface area contributed by atoms with Gasteiger partial charge in [-0.3, -0.25) is 4.79 Å². The van der Waals surface area contributed by atoms with Gasteiger partial charge in [0.25, 0.3) is 5.91 Å². The van der Waals surface area contributed by atoms with E-state index in [2.05, 4.69) is 22.5 Å². The number of hydrogen-bond donors (Lipinski definition) is 2. The van der Waals surface area contributed by atoms with Crippen molar-refractivity contribution in [3.63, 3.8) is 0 Å². The van der Waals surface area contributed by atoms with Crippen molar-refractivity contribution in [2.75, 3.05) is 18.4 Å². The number of nitrogens with one attached hydrogen (secondary N) is 2. The molecule has 1 heterocycles. The third kappa shape index (κ3) is 3.74. The second-order valence-electron chi connectivity index (χ2n) is 6.38. The van der Waals surface area contributed by atoms with E-state index in [-0.39, 0.29) is 5.91 Å². The van der Waals surface area contributed by atoms with E-state index in [4.69, 9.17) is 0 Å². The number of pyridine rings is 1. The Morgan fingerprint density at radius 3 is 2.67 bits per heavy atom. The van der Waals surface area contributed by atoms with Gasteiger partial charge in [0.1, 0.15) is 5.82 Å². The first kappa shape index (κ1) is 14.4. The average Bonchev–Trinajstić information content (AvgIpc) is 3.38. The van der Waals surface area contributed by atoms with Crippen molar-refractivity contribution in [2.45, 2.75) is 39.0 Å². The molecule has 0 spiro atoms. The standard InChI is InChI=1S/C17H25N3O/c1-2-9-18-16-14(4-3-10-19-16)17(21)20-11-15(12-5-6-12)13-7-8-13/h3-4,10,12-13,15H,2,5-9,11H2,1H3,(H,18,19)(H,20,21). The third-order valence-electron chi connectivity index (χ3n) is 4.55. The first-order chi connectivity index (χ1) is 10.3. The van der Waals surface area contributed by atoms with Crippen molar-refractivity contribution in [1.82, 2.24) is 10.3 Å². The maximum atomic E-state index is 12.4. The number of rotatable bonds is 8. The molecule has 2 N–H and O–H groups in total. The number of nitrogens with zero attached hydrogens (tertiary/aromatic N) is 1. The zero-order valence-corrected chi connectivity index (χ0v) is 12.8. The molecule has 0 atom stereocenters. The van der Waals surface area contributed by atoms with E-state index in [1.54, 1.807) is 6.20 Å². The number of carbonyl (C=O) groups is 1. The molecule has 21 heavy (non-hydrogen) atoms. The molecule has 0 unspecified atom stereocenters. The van der Waals surface area contributed by atoms with Gasteiger partial charge in [0.05, 0.1) is 5.56 Å². The van der Waals surface area contributed by atoms with Crippen LogP contribution in [0.1, 0.15) is 49.4 Å². The highest BCUT2D eigenvalue weighted by molar-refractivity contribution is 5.98. The number of carbonyl (C=O) groups excluding carboxylic acids is 1. The van der Waals surface area contributed by atoms with E-state index in [9.17, 15) is 4.79 Å². The van der Waals surface area contributed by atoms with Gasteiger partial charge in [-0.05, 0) is 62.0 Å². The Labute approximate surface area is 126 Å². The van der Waals surface area contributed by atoms with E-state index in [0.29, 0.717) is 17.3 Å².